The molecule has 2 heterocycles. The molecule has 8 rings (SSSR count). The van der Waals surface area contributed by atoms with E-state index in [1.54, 1.807) is 0 Å². The van der Waals surface area contributed by atoms with Crippen LogP contribution in [0, 0.1) is 52.3 Å². The molecule has 0 N–H and O–H groups in total. The largest absolute Gasteiger partial charge is 3.00 e. The number of pyridine rings is 1. The fourth-order valence-corrected chi connectivity index (χ4v) is 7.39. The van der Waals surface area contributed by atoms with Gasteiger partial charge < -0.3 is 9.40 Å². The van der Waals surface area contributed by atoms with Crippen molar-refractivity contribution < 1.29 is 33.8 Å². The van der Waals surface area contributed by atoms with Crippen LogP contribution in [-0.4, -0.2) is 4.98 Å². The molecule has 6 aromatic carbocycles. The van der Waals surface area contributed by atoms with Crippen molar-refractivity contribution in [2.45, 2.75) is 59.3 Å². The molecule has 57 heavy (non-hydrogen) atoms. The van der Waals surface area contributed by atoms with E-state index in [9.17, 15) is 0 Å². The van der Waals surface area contributed by atoms with Gasteiger partial charge in [0.1, 0.15) is 11.2 Å². The van der Waals surface area contributed by atoms with E-state index >= 15 is 0 Å². The van der Waals surface area contributed by atoms with Crippen LogP contribution in [0.2, 0.25) is 0 Å². The molecule has 0 atom stereocenters. The number of para-hydroxylation sites is 1. The predicted octanol–water partition coefficient (Wildman–Crippen LogP) is 11.9. The number of aryl methyl sites for hydroxylation is 9. The molecule has 0 aliphatic carbocycles. The van der Waals surface area contributed by atoms with Gasteiger partial charge in [-0.15, -0.1) is 35.4 Å². The number of nitrogens with zero attached hydrogens (tertiary/aromatic N) is 1. The molecule has 5 heteroatoms. The number of hydrogen-bond donors (Lipinski definition) is 0. The van der Waals surface area contributed by atoms with Crippen LogP contribution in [0.5, 0.6) is 0 Å². The second-order valence-electron chi connectivity index (χ2n) is 14.3. The van der Waals surface area contributed by atoms with Crippen LogP contribution in [0.3, 0.4) is 0 Å². The van der Waals surface area contributed by atoms with E-state index in [1.807, 2.05) is 30.5 Å². The van der Waals surface area contributed by atoms with Crippen molar-refractivity contribution in [1.29, 1.82) is 0 Å². The molecule has 0 aliphatic heterocycles. The summed E-state index contributed by atoms with van der Waals surface area (Å²) < 4.78 is 21.2. The Bertz CT molecular complexity index is 2540. The minimum atomic E-state index is 0. The SMILES string of the molecule is Cc1c[c-]cc(CCc2cc(CCc3c[c-]c(-c4cc(-c5ccc6c(c5)oc5ccccc56)c(C)cn4)cc3)cc(CCc3c[c-]cc(C)c3)c2)c1.[C-]#[O+].[C-]#[O+].[Ir+3]. The summed E-state index contributed by atoms with van der Waals surface area (Å²) >= 11 is 0. The molecular formula is C52H42IrNO3. The number of rotatable bonds is 11. The van der Waals surface area contributed by atoms with Crippen molar-refractivity contribution in [1.82, 2.24) is 4.98 Å². The van der Waals surface area contributed by atoms with E-state index in [0.29, 0.717) is 0 Å². The van der Waals surface area contributed by atoms with E-state index in [1.165, 1.54) is 44.5 Å². The molecule has 0 aliphatic rings. The maximum absolute atomic E-state index is 7.50. The molecular weight excluding hydrogens is 879 g/mol. The summed E-state index contributed by atoms with van der Waals surface area (Å²) in [7, 11) is 0. The van der Waals surface area contributed by atoms with Crippen LogP contribution in [0.25, 0.3) is 44.3 Å². The predicted molar refractivity (Wildman–Crippen MR) is 223 cm³/mol. The summed E-state index contributed by atoms with van der Waals surface area (Å²) in [6.45, 7) is 15.4. The van der Waals surface area contributed by atoms with Gasteiger partial charge in [-0.05, 0) is 83.5 Å². The van der Waals surface area contributed by atoms with Crippen molar-refractivity contribution in [2.75, 3.05) is 0 Å². The van der Waals surface area contributed by atoms with Crippen LogP contribution in [0.4, 0.5) is 0 Å². The van der Waals surface area contributed by atoms with Gasteiger partial charge in [-0.25, -0.2) is 0 Å². The first-order chi connectivity index (χ1) is 27.4. The first-order valence-electron chi connectivity index (χ1n) is 18.8. The van der Waals surface area contributed by atoms with Gasteiger partial charge in [0.05, 0.1) is 0 Å². The maximum Gasteiger partial charge on any atom is 3.00 e. The molecule has 0 radical (unpaired) electrons. The summed E-state index contributed by atoms with van der Waals surface area (Å²) in [6, 6.07) is 53.8. The van der Waals surface area contributed by atoms with Crippen LogP contribution in [-0.2, 0) is 67.9 Å². The van der Waals surface area contributed by atoms with Gasteiger partial charge in [0, 0.05) is 17.0 Å². The fraction of sp³-hybridized carbons (Fsp3) is 0.173. The van der Waals surface area contributed by atoms with Crippen LogP contribution in [0.1, 0.15) is 50.1 Å². The molecule has 0 amide bonds. The molecule has 0 unspecified atom stereocenters. The van der Waals surface area contributed by atoms with Crippen molar-refractivity contribution in [3.05, 3.63) is 209 Å². The molecule has 0 spiro atoms. The van der Waals surface area contributed by atoms with Crippen LogP contribution >= 0.6 is 0 Å². The third kappa shape index (κ3) is 10.8. The average Bonchev–Trinajstić information content (AvgIpc) is 3.61. The Morgan fingerprint density at radius 2 is 1.11 bits per heavy atom. The third-order valence-corrected chi connectivity index (χ3v) is 10.2. The fourth-order valence-electron chi connectivity index (χ4n) is 7.39. The zero-order chi connectivity index (χ0) is 39.4. The van der Waals surface area contributed by atoms with Crippen LogP contribution < -0.4 is 0 Å². The van der Waals surface area contributed by atoms with Gasteiger partial charge in [-0.1, -0.05) is 81.6 Å². The van der Waals surface area contributed by atoms with Gasteiger partial charge in [0.2, 0.25) is 0 Å². The number of hydrogen-bond acceptors (Lipinski definition) is 2. The van der Waals surface area contributed by atoms with E-state index in [4.69, 9.17) is 18.7 Å². The zero-order valence-electron chi connectivity index (χ0n) is 32.4. The number of furan rings is 1. The summed E-state index contributed by atoms with van der Waals surface area (Å²) in [4.78, 5) is 4.80. The summed E-state index contributed by atoms with van der Waals surface area (Å²) in [5.74, 6) is 0. The molecule has 8 aromatic rings. The smallest absolute Gasteiger partial charge is 3.00 e. The average molecular weight is 921 g/mol. The number of benzene rings is 6. The minimum absolute atomic E-state index is 0. The molecule has 2 aromatic heterocycles. The van der Waals surface area contributed by atoms with Gasteiger partial charge in [0.15, 0.2) is 0 Å². The normalized spacial score (nSPS) is 10.5. The molecule has 0 saturated carbocycles. The Labute approximate surface area is 349 Å². The third-order valence-electron chi connectivity index (χ3n) is 10.2. The van der Waals surface area contributed by atoms with Crippen molar-refractivity contribution >= 4 is 21.9 Å². The van der Waals surface area contributed by atoms with Crippen LogP contribution in [0.15, 0.2) is 132 Å². The minimum Gasteiger partial charge on any atom is 3.00 e. The van der Waals surface area contributed by atoms with E-state index in [0.717, 1.165) is 88.4 Å². The molecule has 282 valence electrons. The first-order valence-corrected chi connectivity index (χ1v) is 18.8. The second kappa shape index (κ2) is 20.5. The van der Waals surface area contributed by atoms with Crippen molar-refractivity contribution in [3.8, 4) is 22.4 Å². The standard InChI is InChI=1S/C50H42NO.2CO.Ir/c1-34-8-6-10-38(26-34)15-18-41-28-40(29-42(30-41)19-16-39-11-7-9-35(2)27-39)17-14-37-20-22-43(23-21-37)48-32-47(36(3)33-51-48)44-24-25-46-45-12-4-5-13-49(45)52-50(46)31-44;2*1-2;/h4-5,8-13,20-22,24-33H,14-19H2,1-3H3;;;/q-3;;;+3. The van der Waals surface area contributed by atoms with Gasteiger partial charge in [0.25, 0.3) is 0 Å². The second-order valence-corrected chi connectivity index (χ2v) is 14.3. The molecule has 0 saturated heterocycles. The maximum atomic E-state index is 7.50. The van der Waals surface area contributed by atoms with Crippen molar-refractivity contribution in [2.24, 2.45) is 0 Å². The topological polar surface area (TPSA) is 65.8 Å². The quantitative estimate of drug-likeness (QED) is 0.0958. The number of fused-ring (bicyclic) bond motifs is 3. The van der Waals surface area contributed by atoms with E-state index < -0.39 is 0 Å². The van der Waals surface area contributed by atoms with E-state index in [-0.39, 0.29) is 20.1 Å². The summed E-state index contributed by atoms with van der Waals surface area (Å²) in [6.07, 6.45) is 8.01. The first kappa shape index (κ1) is 42.5. The Morgan fingerprint density at radius 3 is 1.68 bits per heavy atom. The Morgan fingerprint density at radius 1 is 0.544 bits per heavy atom. The molecule has 0 fully saturated rings. The van der Waals surface area contributed by atoms with Gasteiger partial charge >= 0.3 is 42.7 Å². The summed E-state index contributed by atoms with van der Waals surface area (Å²) in [5, 5.41) is 2.29. The van der Waals surface area contributed by atoms with Crippen molar-refractivity contribution in [3.63, 3.8) is 0 Å². The van der Waals surface area contributed by atoms with Gasteiger partial charge in [-0.2, -0.15) is 70.8 Å². The Hall–Kier alpha value is -5.60. The summed E-state index contributed by atoms with van der Waals surface area (Å²) in [5.41, 5.74) is 17.9. The van der Waals surface area contributed by atoms with Gasteiger partial charge in [-0.3, -0.25) is 0 Å². The zero-order valence-corrected chi connectivity index (χ0v) is 34.8. The molecule has 4 nitrogen and oxygen atoms in total. The Kier molecular flexibility index (Phi) is 15.3. The monoisotopic (exact) mass is 921 g/mol. The number of aromatic nitrogens is 1. The molecule has 0 bridgehead atoms. The Balaban J connectivity index is 0.00000120. The van der Waals surface area contributed by atoms with E-state index in [2.05, 4.69) is 149 Å².